The second-order valence-corrected chi connectivity index (χ2v) is 9.46. The molecule has 0 aliphatic carbocycles. The molecule has 5 aromatic rings. The lowest BCUT2D eigenvalue weighted by Gasteiger charge is -2.19. The fourth-order valence-corrected chi connectivity index (χ4v) is 4.76. The molecule has 1 unspecified atom stereocenters. The van der Waals surface area contributed by atoms with Crippen LogP contribution in [0.4, 0.5) is 0 Å². The first-order valence-corrected chi connectivity index (χ1v) is 13.0. The monoisotopic (exact) mass is 521 g/mol. The lowest BCUT2D eigenvalue weighted by Crippen LogP contribution is -2.32. The van der Waals surface area contributed by atoms with Crippen molar-refractivity contribution in [3.63, 3.8) is 0 Å². The van der Waals surface area contributed by atoms with Crippen LogP contribution >= 0.6 is 0 Å². The van der Waals surface area contributed by atoms with Gasteiger partial charge in [-0.1, -0.05) is 92.2 Å². The largest absolute Gasteiger partial charge is 0.528 e. The predicted octanol–water partition coefficient (Wildman–Crippen LogP) is 4.81. The molecule has 0 saturated heterocycles. The quantitative estimate of drug-likeness (QED) is 0.296. The van der Waals surface area contributed by atoms with Gasteiger partial charge in [0.25, 0.3) is 5.56 Å². The van der Waals surface area contributed by atoms with E-state index in [1.807, 2.05) is 78.9 Å². The van der Waals surface area contributed by atoms with Gasteiger partial charge in [-0.25, -0.2) is 9.97 Å². The van der Waals surface area contributed by atoms with Crippen molar-refractivity contribution in [2.75, 3.05) is 0 Å². The van der Waals surface area contributed by atoms with Crippen LogP contribution in [0.2, 0.25) is 0 Å². The summed E-state index contributed by atoms with van der Waals surface area (Å²) < 4.78 is 6.32. The molecule has 0 amide bonds. The molecule has 0 aliphatic heterocycles. The van der Waals surface area contributed by atoms with E-state index in [9.17, 15) is 15.0 Å². The highest BCUT2D eigenvalue weighted by atomic mass is 16.6. The standard InChI is InChI=1S/C31H30N4O4/c1-3-4-14-26-32-20(2)27(28(36)23-10-6-5-7-11-23)30(37)35(26)19-21-15-17-22(18-16-21)24-12-8-9-13-25(24)29-33-31(38)39-34-29/h5-13,15-18,28,36H,3-4,14,19H2,1-2H3,(H,33,34,38)/p-1. The molecule has 0 spiro atoms. The molecule has 1 N–H and O–H groups in total. The van der Waals surface area contributed by atoms with Gasteiger partial charge in [0, 0.05) is 12.0 Å². The van der Waals surface area contributed by atoms with Crippen LogP contribution in [0.5, 0.6) is 6.08 Å². The summed E-state index contributed by atoms with van der Waals surface area (Å²) >= 11 is 0. The summed E-state index contributed by atoms with van der Waals surface area (Å²) in [6.45, 7) is 4.21. The first-order valence-electron chi connectivity index (χ1n) is 13.0. The van der Waals surface area contributed by atoms with Crippen LogP contribution in [0.1, 0.15) is 54.1 Å². The zero-order chi connectivity index (χ0) is 27.4. The molecule has 39 heavy (non-hydrogen) atoms. The van der Waals surface area contributed by atoms with E-state index in [0.717, 1.165) is 29.5 Å². The van der Waals surface area contributed by atoms with Gasteiger partial charge in [-0.3, -0.25) is 9.36 Å². The lowest BCUT2D eigenvalue weighted by molar-refractivity contribution is -0.303. The van der Waals surface area contributed by atoms with Crippen molar-refractivity contribution in [1.82, 2.24) is 19.7 Å². The number of hydrogen-bond acceptors (Lipinski definition) is 7. The Balaban J connectivity index is 1.50. The number of rotatable bonds is 9. The molecule has 0 radical (unpaired) electrons. The highest BCUT2D eigenvalue weighted by Gasteiger charge is 2.22. The second kappa shape index (κ2) is 11.4. The third kappa shape index (κ3) is 5.51. The molecule has 0 bridgehead atoms. The maximum absolute atomic E-state index is 13.8. The average Bonchev–Trinajstić information content (AvgIpc) is 3.40. The lowest BCUT2D eigenvalue weighted by atomic mass is 9.98. The Labute approximate surface area is 226 Å². The molecule has 8 nitrogen and oxygen atoms in total. The van der Waals surface area contributed by atoms with Crippen molar-refractivity contribution in [3.05, 3.63) is 117 Å². The molecule has 1 atom stereocenters. The van der Waals surface area contributed by atoms with Crippen LogP contribution in [0, 0.1) is 6.92 Å². The van der Waals surface area contributed by atoms with E-state index >= 15 is 0 Å². The number of unbranched alkanes of at least 4 members (excludes halogenated alkanes) is 1. The van der Waals surface area contributed by atoms with E-state index in [1.165, 1.54) is 0 Å². The van der Waals surface area contributed by atoms with Gasteiger partial charge in [-0.15, -0.1) is 0 Å². The van der Waals surface area contributed by atoms with Gasteiger partial charge >= 0.3 is 0 Å². The minimum atomic E-state index is -1.06. The summed E-state index contributed by atoms with van der Waals surface area (Å²) in [5.41, 5.74) is 4.65. The van der Waals surface area contributed by atoms with Crippen molar-refractivity contribution < 1.29 is 14.7 Å². The third-order valence-corrected chi connectivity index (χ3v) is 6.80. The number of benzene rings is 3. The van der Waals surface area contributed by atoms with Crippen molar-refractivity contribution >= 4 is 0 Å². The third-order valence-electron chi connectivity index (χ3n) is 6.80. The zero-order valence-electron chi connectivity index (χ0n) is 21.9. The fraction of sp³-hybridized carbons (Fsp3) is 0.226. The van der Waals surface area contributed by atoms with Crippen molar-refractivity contribution in [3.8, 4) is 28.6 Å². The van der Waals surface area contributed by atoms with Crippen LogP contribution in [0.25, 0.3) is 22.5 Å². The minimum Gasteiger partial charge on any atom is -0.528 e. The van der Waals surface area contributed by atoms with E-state index in [1.54, 1.807) is 11.5 Å². The Bertz CT molecular complexity index is 1630. The van der Waals surface area contributed by atoms with Gasteiger partial charge in [0.1, 0.15) is 11.9 Å². The second-order valence-electron chi connectivity index (χ2n) is 9.46. The maximum atomic E-state index is 13.8. The molecule has 0 saturated carbocycles. The highest BCUT2D eigenvalue weighted by molar-refractivity contribution is 5.80. The molecular formula is C31H29N4O4-. The summed E-state index contributed by atoms with van der Waals surface area (Å²) in [5, 5.41) is 26.3. The summed E-state index contributed by atoms with van der Waals surface area (Å²) in [4.78, 5) is 22.4. The fourth-order valence-electron chi connectivity index (χ4n) is 4.76. The minimum absolute atomic E-state index is 0.232. The Morgan fingerprint density at radius 2 is 1.64 bits per heavy atom. The van der Waals surface area contributed by atoms with Crippen molar-refractivity contribution in [2.24, 2.45) is 0 Å². The van der Waals surface area contributed by atoms with Crippen molar-refractivity contribution in [1.29, 1.82) is 0 Å². The SMILES string of the molecule is CCCCc1nc(C)c(C(O)c2ccccc2)c(=O)n1Cc1ccc(-c2ccccc2-c2noc([O-])n2)cc1. The summed E-state index contributed by atoms with van der Waals surface area (Å²) in [6.07, 6.45) is 0.764. The van der Waals surface area contributed by atoms with Crippen LogP contribution < -0.4 is 10.7 Å². The first-order chi connectivity index (χ1) is 19.0. The number of aliphatic hydroxyl groups excluding tert-OH is 1. The van der Waals surface area contributed by atoms with E-state index < -0.39 is 12.2 Å². The molecule has 2 aromatic heterocycles. The summed E-state index contributed by atoms with van der Waals surface area (Å²) in [7, 11) is 0. The zero-order valence-corrected chi connectivity index (χ0v) is 21.9. The molecule has 5 rings (SSSR count). The van der Waals surface area contributed by atoms with E-state index in [4.69, 9.17) is 4.98 Å². The van der Waals surface area contributed by atoms with Gasteiger partial charge in [0.05, 0.1) is 17.8 Å². The van der Waals surface area contributed by atoms with Crippen LogP contribution in [-0.2, 0) is 13.0 Å². The van der Waals surface area contributed by atoms with E-state index in [2.05, 4.69) is 21.6 Å². The molecule has 3 aromatic carbocycles. The Hall–Kier alpha value is -4.56. The summed E-state index contributed by atoms with van der Waals surface area (Å²) in [5.74, 6) is 0.949. The normalized spacial score (nSPS) is 12.0. The average molecular weight is 522 g/mol. The van der Waals surface area contributed by atoms with Gasteiger partial charge in [-0.05, 0) is 35.6 Å². The van der Waals surface area contributed by atoms with Crippen molar-refractivity contribution in [2.45, 2.75) is 45.8 Å². The van der Waals surface area contributed by atoms with Gasteiger partial charge in [0.2, 0.25) is 0 Å². The predicted molar refractivity (Wildman–Crippen MR) is 146 cm³/mol. The van der Waals surface area contributed by atoms with Gasteiger partial charge in [-0.2, -0.15) is 5.16 Å². The Morgan fingerprint density at radius 3 is 2.31 bits per heavy atom. The van der Waals surface area contributed by atoms with Gasteiger partial charge < -0.3 is 14.7 Å². The van der Waals surface area contributed by atoms with Crippen LogP contribution in [-0.4, -0.2) is 24.8 Å². The van der Waals surface area contributed by atoms with E-state index in [0.29, 0.717) is 41.2 Å². The topological polar surface area (TPSA) is 117 Å². The van der Waals surface area contributed by atoms with E-state index in [-0.39, 0.29) is 11.4 Å². The maximum Gasteiger partial charge on any atom is 0.260 e. The number of nitrogens with zero attached hydrogens (tertiary/aromatic N) is 4. The molecule has 0 aliphatic rings. The Kier molecular flexibility index (Phi) is 7.65. The molecule has 0 fully saturated rings. The highest BCUT2D eigenvalue weighted by Crippen LogP contribution is 2.31. The molecular weight excluding hydrogens is 492 g/mol. The van der Waals surface area contributed by atoms with Crippen LogP contribution in [0.15, 0.2) is 88.2 Å². The molecule has 8 heteroatoms. The van der Waals surface area contributed by atoms with Gasteiger partial charge in [0.15, 0.2) is 11.9 Å². The first kappa shape index (κ1) is 26.1. The summed E-state index contributed by atoms with van der Waals surface area (Å²) in [6, 6.07) is 24.5. The van der Waals surface area contributed by atoms with Crippen LogP contribution in [0.3, 0.4) is 0 Å². The molecule has 198 valence electrons. The number of aliphatic hydroxyl groups is 1. The number of aromatic nitrogens is 4. The Morgan fingerprint density at radius 1 is 0.949 bits per heavy atom. The number of hydrogen-bond donors (Lipinski definition) is 1. The molecule has 2 heterocycles. The smallest absolute Gasteiger partial charge is 0.260 e. The number of aryl methyl sites for hydroxylation is 2.